The average molecular weight is 585 g/mol. The molecule has 43 heavy (non-hydrogen) atoms. The van der Waals surface area contributed by atoms with Crippen LogP contribution in [0.15, 0.2) is 72.8 Å². The van der Waals surface area contributed by atoms with Gasteiger partial charge in [-0.3, -0.25) is 19.3 Å². The van der Waals surface area contributed by atoms with Gasteiger partial charge in [0.05, 0.1) is 24.3 Å². The first-order chi connectivity index (χ1) is 20.8. The Hall–Kier alpha value is -5.10. The number of nitrogens with zero attached hydrogens (tertiary/aromatic N) is 4. The number of methoxy groups -OCH3 is 1. The zero-order chi connectivity index (χ0) is 30.3. The van der Waals surface area contributed by atoms with Crippen molar-refractivity contribution in [2.75, 3.05) is 30.5 Å². The molecule has 12 heteroatoms. The highest BCUT2D eigenvalue weighted by Gasteiger charge is 2.34. The number of esters is 1. The van der Waals surface area contributed by atoms with Crippen LogP contribution in [0.5, 0.6) is 0 Å². The number of carbonyl (C=O) groups is 4. The summed E-state index contributed by atoms with van der Waals surface area (Å²) < 4.78 is 12.0. The maximum atomic E-state index is 14.2. The molecule has 2 atom stereocenters. The number of amides is 3. The van der Waals surface area contributed by atoms with E-state index in [4.69, 9.17) is 9.47 Å². The van der Waals surface area contributed by atoms with Gasteiger partial charge < -0.3 is 20.1 Å². The van der Waals surface area contributed by atoms with E-state index < -0.39 is 23.8 Å². The third kappa shape index (κ3) is 6.87. The third-order valence-electron chi connectivity index (χ3n) is 7.12. The summed E-state index contributed by atoms with van der Waals surface area (Å²) in [5.74, 6) is -1.62. The van der Waals surface area contributed by atoms with E-state index in [1.807, 2.05) is 18.2 Å². The molecule has 0 bridgehead atoms. The molecule has 0 spiro atoms. The molecule has 0 radical (unpaired) electrons. The summed E-state index contributed by atoms with van der Waals surface area (Å²) in [4.78, 5) is 53.3. The molecule has 2 heterocycles. The van der Waals surface area contributed by atoms with Crippen molar-refractivity contribution < 1.29 is 28.7 Å². The van der Waals surface area contributed by atoms with Crippen molar-refractivity contribution in [3.63, 3.8) is 0 Å². The fraction of sp³-hybridized carbons (Fsp3) is 0.290. The van der Waals surface area contributed by atoms with Gasteiger partial charge in [-0.05, 0) is 66.9 Å². The molecule has 3 aromatic carbocycles. The van der Waals surface area contributed by atoms with Crippen molar-refractivity contribution in [1.82, 2.24) is 20.3 Å². The van der Waals surface area contributed by atoms with Gasteiger partial charge >= 0.3 is 5.97 Å². The van der Waals surface area contributed by atoms with Crippen LogP contribution < -0.4 is 15.5 Å². The molecule has 4 aromatic rings. The number of para-hydroxylation sites is 1. The van der Waals surface area contributed by atoms with E-state index in [2.05, 4.69) is 20.9 Å². The number of hydrogen-bond acceptors (Lipinski definition) is 8. The highest BCUT2D eigenvalue weighted by molar-refractivity contribution is 6.02. The topological polar surface area (TPSA) is 145 Å². The summed E-state index contributed by atoms with van der Waals surface area (Å²) in [7, 11) is 1.29. The molecule has 0 aliphatic carbocycles. The summed E-state index contributed by atoms with van der Waals surface area (Å²) in [5, 5.41) is 14.0. The summed E-state index contributed by atoms with van der Waals surface area (Å²) in [6.07, 6.45) is 1.62. The quantitative estimate of drug-likeness (QED) is 0.270. The van der Waals surface area contributed by atoms with Crippen LogP contribution in [0.2, 0.25) is 0 Å². The Morgan fingerprint density at radius 1 is 1.05 bits per heavy atom. The fourth-order valence-corrected chi connectivity index (χ4v) is 5.04. The normalized spacial score (nSPS) is 15.1. The molecule has 3 amide bonds. The van der Waals surface area contributed by atoms with Gasteiger partial charge in [0.2, 0.25) is 17.7 Å². The number of fused-ring (bicyclic) bond motifs is 1. The number of rotatable bonds is 10. The van der Waals surface area contributed by atoms with E-state index in [-0.39, 0.29) is 25.1 Å². The van der Waals surface area contributed by atoms with Crippen LogP contribution >= 0.6 is 0 Å². The van der Waals surface area contributed by atoms with Crippen molar-refractivity contribution in [3.8, 4) is 0 Å². The molecule has 5 rings (SSSR count). The van der Waals surface area contributed by atoms with Crippen molar-refractivity contribution in [2.24, 2.45) is 0 Å². The number of carbonyl (C=O) groups excluding carboxylic acids is 4. The molecule has 1 aliphatic heterocycles. The lowest BCUT2D eigenvalue weighted by atomic mass is 10.0. The summed E-state index contributed by atoms with van der Waals surface area (Å²) >= 11 is 0. The number of hydrogen-bond donors (Lipinski definition) is 2. The average Bonchev–Trinajstić information content (AvgIpc) is 3.69. The second-order valence-corrected chi connectivity index (χ2v) is 10.1. The highest BCUT2D eigenvalue weighted by Crippen LogP contribution is 2.30. The molecule has 2 N–H and O–H groups in total. The van der Waals surface area contributed by atoms with E-state index in [1.165, 1.54) is 23.6 Å². The lowest BCUT2D eigenvalue weighted by Gasteiger charge is -2.32. The minimum absolute atomic E-state index is 0.117. The monoisotopic (exact) mass is 584 g/mol. The second kappa shape index (κ2) is 13.3. The van der Waals surface area contributed by atoms with Crippen LogP contribution in [0.3, 0.4) is 0 Å². The summed E-state index contributed by atoms with van der Waals surface area (Å²) in [6, 6.07) is 19.1. The molecule has 1 aromatic heterocycles. The minimum atomic E-state index is -1.12. The van der Waals surface area contributed by atoms with E-state index in [0.29, 0.717) is 40.1 Å². The summed E-state index contributed by atoms with van der Waals surface area (Å²) in [6.45, 7) is 2.12. The molecular formula is C31H32N6O6. The van der Waals surface area contributed by atoms with Crippen LogP contribution in [0.4, 0.5) is 11.4 Å². The van der Waals surface area contributed by atoms with Gasteiger partial charge in [0.25, 0.3) is 0 Å². The predicted molar refractivity (Wildman–Crippen MR) is 158 cm³/mol. The van der Waals surface area contributed by atoms with Crippen LogP contribution in [0.1, 0.15) is 41.7 Å². The van der Waals surface area contributed by atoms with Gasteiger partial charge in [0, 0.05) is 31.5 Å². The maximum absolute atomic E-state index is 14.2. The Morgan fingerprint density at radius 2 is 1.79 bits per heavy atom. The summed E-state index contributed by atoms with van der Waals surface area (Å²) in [5.41, 5.74) is 3.02. The van der Waals surface area contributed by atoms with Gasteiger partial charge in [-0.2, -0.15) is 0 Å². The number of ether oxygens (including phenoxy) is 2. The first-order valence-corrected chi connectivity index (χ1v) is 13.9. The maximum Gasteiger partial charge on any atom is 0.337 e. The molecule has 1 fully saturated rings. The van der Waals surface area contributed by atoms with E-state index >= 15 is 0 Å². The molecular weight excluding hydrogens is 552 g/mol. The number of anilines is 2. The third-order valence-corrected chi connectivity index (χ3v) is 7.12. The van der Waals surface area contributed by atoms with Crippen LogP contribution in [0.25, 0.3) is 11.0 Å². The Bertz CT molecular complexity index is 1610. The lowest BCUT2D eigenvalue weighted by Crippen LogP contribution is -2.46. The Kier molecular flexibility index (Phi) is 9.06. The number of benzene rings is 3. The van der Waals surface area contributed by atoms with E-state index in [0.717, 1.165) is 12.8 Å². The Balaban J connectivity index is 1.55. The SMILES string of the molecule is COC(=O)c1ccc([C@@H](C(=O)NC[C@@H]2CCCO2)N(C(=O)Cn2nnc3ccccc32)c2ccc(NC(C)=O)cc2)cc1. The van der Waals surface area contributed by atoms with Gasteiger partial charge in [0.1, 0.15) is 18.1 Å². The molecule has 0 saturated carbocycles. The van der Waals surface area contributed by atoms with Crippen molar-refractivity contribution >= 4 is 46.1 Å². The Morgan fingerprint density at radius 3 is 2.47 bits per heavy atom. The predicted octanol–water partition coefficient (Wildman–Crippen LogP) is 3.25. The Labute approximate surface area is 247 Å². The lowest BCUT2D eigenvalue weighted by molar-refractivity contribution is -0.127. The van der Waals surface area contributed by atoms with Crippen molar-refractivity contribution in [2.45, 2.75) is 38.5 Å². The second-order valence-electron chi connectivity index (χ2n) is 10.1. The fourth-order valence-electron chi connectivity index (χ4n) is 5.04. The molecule has 0 unspecified atom stereocenters. The molecule has 1 aliphatic rings. The largest absolute Gasteiger partial charge is 0.465 e. The highest BCUT2D eigenvalue weighted by atomic mass is 16.5. The van der Waals surface area contributed by atoms with Gasteiger partial charge in [-0.25, -0.2) is 9.48 Å². The van der Waals surface area contributed by atoms with Gasteiger partial charge in [-0.15, -0.1) is 5.10 Å². The molecule has 1 saturated heterocycles. The van der Waals surface area contributed by atoms with Gasteiger partial charge in [0.15, 0.2) is 0 Å². The van der Waals surface area contributed by atoms with E-state index in [9.17, 15) is 19.2 Å². The smallest absolute Gasteiger partial charge is 0.337 e. The molecule has 12 nitrogen and oxygen atoms in total. The van der Waals surface area contributed by atoms with Crippen LogP contribution in [0, 0.1) is 0 Å². The van der Waals surface area contributed by atoms with Gasteiger partial charge in [-0.1, -0.05) is 29.5 Å². The standard InChI is InChI=1S/C31H32N6O6/c1-20(38)33-23-13-15-24(16-14-23)37(28(39)19-36-27-8-4-3-7-26(27)34-35-36)29(30(40)32-18-25-6-5-17-43-25)21-9-11-22(12-10-21)31(41)42-2/h3-4,7-16,25,29H,5-6,17-19H2,1-2H3,(H,32,40)(H,33,38)/t25-,29-/m0/s1. The number of aromatic nitrogens is 3. The molecule has 222 valence electrons. The number of nitrogens with one attached hydrogen (secondary N) is 2. The first-order valence-electron chi connectivity index (χ1n) is 13.9. The van der Waals surface area contributed by atoms with Crippen LogP contribution in [-0.2, 0) is 30.4 Å². The zero-order valence-corrected chi connectivity index (χ0v) is 23.9. The first kappa shape index (κ1) is 29.4. The minimum Gasteiger partial charge on any atom is -0.465 e. The van der Waals surface area contributed by atoms with Crippen LogP contribution in [-0.4, -0.2) is 65.1 Å². The van der Waals surface area contributed by atoms with E-state index in [1.54, 1.807) is 54.6 Å². The van der Waals surface area contributed by atoms with Crippen molar-refractivity contribution in [3.05, 3.63) is 83.9 Å². The van der Waals surface area contributed by atoms with Crippen molar-refractivity contribution in [1.29, 1.82) is 0 Å². The zero-order valence-electron chi connectivity index (χ0n) is 23.9.